The number of benzene rings is 1. The van der Waals surface area contributed by atoms with Crippen LogP contribution in [-0.4, -0.2) is 69.0 Å². The normalized spacial score (nSPS) is 34.0. The van der Waals surface area contributed by atoms with E-state index in [4.69, 9.17) is 4.74 Å². The highest BCUT2D eigenvalue weighted by Crippen LogP contribution is 2.60. The van der Waals surface area contributed by atoms with Crippen molar-refractivity contribution in [1.82, 2.24) is 15.5 Å². The van der Waals surface area contributed by atoms with Crippen molar-refractivity contribution in [3.05, 3.63) is 35.9 Å². The van der Waals surface area contributed by atoms with Gasteiger partial charge in [0.2, 0.25) is 17.7 Å². The van der Waals surface area contributed by atoms with E-state index in [0.29, 0.717) is 13.0 Å². The van der Waals surface area contributed by atoms with Gasteiger partial charge < -0.3 is 25.4 Å². The van der Waals surface area contributed by atoms with Gasteiger partial charge in [0.15, 0.2) is 0 Å². The lowest BCUT2D eigenvalue weighted by Gasteiger charge is -2.39. The summed E-state index contributed by atoms with van der Waals surface area (Å²) in [6.07, 6.45) is 5.13. The first-order valence-corrected chi connectivity index (χ1v) is 14.6. The van der Waals surface area contributed by atoms with E-state index in [1.807, 2.05) is 44.2 Å². The van der Waals surface area contributed by atoms with E-state index < -0.39 is 35.6 Å². The topological polar surface area (TPSA) is 108 Å². The minimum absolute atomic E-state index is 0.0727. The molecule has 1 spiro atoms. The van der Waals surface area contributed by atoms with E-state index in [9.17, 15) is 19.5 Å². The van der Waals surface area contributed by atoms with Gasteiger partial charge in [0.05, 0.1) is 30.6 Å². The molecule has 1 aromatic carbocycles. The molecule has 7 atom stereocenters. The molecule has 0 aromatic heterocycles. The van der Waals surface area contributed by atoms with Crippen LogP contribution in [0.4, 0.5) is 0 Å². The van der Waals surface area contributed by atoms with E-state index >= 15 is 0 Å². The Bertz CT molecular complexity index is 1020. The third-order valence-electron chi connectivity index (χ3n) is 8.85. The molecule has 3 amide bonds. The molecule has 4 aliphatic rings. The van der Waals surface area contributed by atoms with Gasteiger partial charge in [0.25, 0.3) is 0 Å². The quantitative estimate of drug-likeness (QED) is 0.413. The zero-order valence-corrected chi connectivity index (χ0v) is 23.2. The summed E-state index contributed by atoms with van der Waals surface area (Å²) in [5.74, 6) is -2.29. The first-order chi connectivity index (χ1) is 17.8. The molecule has 3 saturated heterocycles. The third-order valence-corrected chi connectivity index (χ3v) is 9.70. The van der Waals surface area contributed by atoms with Gasteiger partial charge in [-0.2, -0.15) is 0 Å². The maximum Gasteiger partial charge on any atom is 0.246 e. The first-order valence-electron chi connectivity index (χ1n) is 13.7. The van der Waals surface area contributed by atoms with Crippen molar-refractivity contribution < 1.29 is 24.2 Å². The molecule has 3 aliphatic heterocycles. The highest BCUT2D eigenvalue weighted by Gasteiger charge is 2.77. The number of nitrogens with one attached hydrogen (secondary N) is 2. The summed E-state index contributed by atoms with van der Waals surface area (Å²) in [4.78, 5) is 43.1. The number of aliphatic hydroxyl groups is 1. The number of alkyl halides is 1. The minimum Gasteiger partial charge on any atom is -0.394 e. The second-order valence-electron chi connectivity index (χ2n) is 11.4. The summed E-state index contributed by atoms with van der Waals surface area (Å²) in [5.41, 5.74) is -0.138. The van der Waals surface area contributed by atoms with Crippen LogP contribution in [0.3, 0.4) is 0 Å². The molecule has 37 heavy (non-hydrogen) atoms. The Morgan fingerprint density at radius 3 is 2.51 bits per heavy atom. The Morgan fingerprint density at radius 1 is 1.16 bits per heavy atom. The summed E-state index contributed by atoms with van der Waals surface area (Å²) in [7, 11) is 0. The number of rotatable bonds is 8. The van der Waals surface area contributed by atoms with Crippen LogP contribution in [0.1, 0.15) is 57.9 Å². The summed E-state index contributed by atoms with van der Waals surface area (Å²) in [5, 5.41) is 16.5. The second kappa shape index (κ2) is 10.7. The monoisotopic (exact) mass is 575 g/mol. The molecule has 0 radical (unpaired) electrons. The van der Waals surface area contributed by atoms with Crippen molar-refractivity contribution >= 4 is 33.7 Å². The Balaban J connectivity index is 1.46. The minimum atomic E-state index is -1.11. The van der Waals surface area contributed by atoms with E-state index in [-0.39, 0.29) is 41.1 Å². The van der Waals surface area contributed by atoms with Crippen LogP contribution < -0.4 is 10.6 Å². The largest absolute Gasteiger partial charge is 0.394 e. The molecule has 2 bridgehead atoms. The van der Waals surface area contributed by atoms with Crippen molar-refractivity contribution in [1.29, 1.82) is 0 Å². The second-order valence-corrected chi connectivity index (χ2v) is 12.6. The lowest BCUT2D eigenvalue weighted by atomic mass is 9.70. The van der Waals surface area contributed by atoms with Crippen molar-refractivity contribution in [2.24, 2.45) is 17.8 Å². The molecule has 3 N–H and O–H groups in total. The molecule has 4 fully saturated rings. The molecular weight excluding hydrogens is 538 g/mol. The first kappa shape index (κ1) is 26.6. The Hall–Kier alpha value is -1.97. The fraction of sp³-hybridized carbons (Fsp3) is 0.679. The molecule has 5 rings (SSSR count). The van der Waals surface area contributed by atoms with Crippen LogP contribution in [0.25, 0.3) is 0 Å². The molecule has 1 aromatic rings. The Kier molecular flexibility index (Phi) is 7.67. The van der Waals surface area contributed by atoms with Gasteiger partial charge in [-0.05, 0) is 30.7 Å². The van der Waals surface area contributed by atoms with E-state index in [1.165, 1.54) is 6.42 Å². The molecule has 8 nitrogen and oxygen atoms in total. The highest BCUT2D eigenvalue weighted by molar-refractivity contribution is 9.09. The van der Waals surface area contributed by atoms with E-state index in [2.05, 4.69) is 26.6 Å². The Morgan fingerprint density at radius 2 is 1.86 bits per heavy atom. The number of halogens is 1. The van der Waals surface area contributed by atoms with Crippen LogP contribution >= 0.6 is 15.9 Å². The zero-order chi connectivity index (χ0) is 26.3. The lowest BCUT2D eigenvalue weighted by Crippen LogP contribution is -2.60. The number of carbonyl (C=O) groups is 3. The van der Waals surface area contributed by atoms with Crippen LogP contribution in [0, 0.1) is 17.8 Å². The van der Waals surface area contributed by atoms with Gasteiger partial charge in [-0.1, -0.05) is 79.4 Å². The maximum atomic E-state index is 14.1. The molecule has 3 heterocycles. The predicted octanol–water partition coefficient (Wildman–Crippen LogP) is 2.52. The maximum absolute atomic E-state index is 14.1. The Labute approximate surface area is 227 Å². The van der Waals surface area contributed by atoms with Crippen LogP contribution in [0.2, 0.25) is 0 Å². The van der Waals surface area contributed by atoms with Crippen LogP contribution in [-0.2, 0) is 25.7 Å². The summed E-state index contributed by atoms with van der Waals surface area (Å²) >= 11 is 3.71. The number of amides is 3. The van der Waals surface area contributed by atoms with Gasteiger partial charge >= 0.3 is 0 Å². The SMILES string of the molecule is CC(C)[C@H](CO)N1C(=O)[C@@H]2[C@H](C(=O)NCc3ccccc3)[C@H]3OC2(CC3Br)C1C(=O)NC1CCCCC1. The van der Waals surface area contributed by atoms with Crippen molar-refractivity contribution in [3.8, 4) is 0 Å². The smallest absolute Gasteiger partial charge is 0.246 e. The van der Waals surface area contributed by atoms with E-state index in [0.717, 1.165) is 31.2 Å². The fourth-order valence-corrected chi connectivity index (χ4v) is 8.02. The zero-order valence-electron chi connectivity index (χ0n) is 21.6. The average molecular weight is 577 g/mol. The van der Waals surface area contributed by atoms with Gasteiger partial charge in [0, 0.05) is 17.4 Å². The molecule has 1 saturated carbocycles. The molecular formula is C28H38BrN3O5. The van der Waals surface area contributed by atoms with Crippen molar-refractivity contribution in [2.75, 3.05) is 6.61 Å². The lowest BCUT2D eigenvalue weighted by molar-refractivity contribution is -0.147. The highest BCUT2D eigenvalue weighted by atomic mass is 79.9. The van der Waals surface area contributed by atoms with Gasteiger partial charge in [0.1, 0.15) is 11.6 Å². The number of hydrogen-bond donors (Lipinski definition) is 3. The van der Waals surface area contributed by atoms with Gasteiger partial charge in [-0.25, -0.2) is 0 Å². The molecule has 1 aliphatic carbocycles. The van der Waals surface area contributed by atoms with Crippen LogP contribution in [0.15, 0.2) is 30.3 Å². The van der Waals surface area contributed by atoms with Crippen molar-refractivity contribution in [2.45, 2.75) is 93.6 Å². The van der Waals surface area contributed by atoms with Gasteiger partial charge in [-0.15, -0.1) is 0 Å². The summed E-state index contributed by atoms with van der Waals surface area (Å²) in [6.45, 7) is 3.97. The fourth-order valence-electron chi connectivity index (χ4n) is 7.07. The summed E-state index contributed by atoms with van der Waals surface area (Å²) < 4.78 is 6.57. The predicted molar refractivity (Wildman–Crippen MR) is 142 cm³/mol. The van der Waals surface area contributed by atoms with Crippen LogP contribution in [0.5, 0.6) is 0 Å². The number of ether oxygens (including phenoxy) is 1. The van der Waals surface area contributed by atoms with E-state index in [1.54, 1.807) is 4.90 Å². The molecule has 3 unspecified atom stereocenters. The number of fused-ring (bicyclic) bond motifs is 1. The number of nitrogens with zero attached hydrogens (tertiary/aromatic N) is 1. The van der Waals surface area contributed by atoms with Gasteiger partial charge in [-0.3, -0.25) is 14.4 Å². The molecule has 9 heteroatoms. The number of likely N-dealkylation sites (tertiary alicyclic amines) is 1. The number of aliphatic hydroxyl groups excluding tert-OH is 1. The summed E-state index contributed by atoms with van der Waals surface area (Å²) in [6, 6.07) is 8.28. The average Bonchev–Trinajstić information content (AvgIpc) is 3.48. The van der Waals surface area contributed by atoms with Crippen molar-refractivity contribution in [3.63, 3.8) is 0 Å². The number of carbonyl (C=O) groups excluding carboxylic acids is 3. The number of hydrogen-bond acceptors (Lipinski definition) is 5. The third kappa shape index (κ3) is 4.61. The standard InChI is InChI=1S/C28H38BrN3O5/c1-16(2)20(15-33)32-24(26(35)31-18-11-7-4-8-12-18)28-13-19(29)23(37-28)21(22(28)27(32)36)25(34)30-14-17-9-5-3-6-10-17/h3,5-6,9-10,16,18-24,33H,4,7-8,11-15H2,1-2H3,(H,30,34)(H,31,35)/t19?,20-,21-,22-,23-,24?,28?/m0/s1. The molecule has 202 valence electrons.